The van der Waals surface area contributed by atoms with Crippen LogP contribution in [0.25, 0.3) is 20.4 Å². The molecule has 1 fully saturated rings. The summed E-state index contributed by atoms with van der Waals surface area (Å²) in [5.74, 6) is -0.833. The molecule has 3 aromatic heterocycles. The van der Waals surface area contributed by atoms with Gasteiger partial charge in [-0.1, -0.05) is 6.92 Å². The molecule has 5 rings (SSSR count). The smallest absolute Gasteiger partial charge is 0.176 e. The van der Waals surface area contributed by atoms with Crippen molar-refractivity contribution in [2.75, 3.05) is 18.4 Å². The van der Waals surface area contributed by atoms with E-state index in [1.54, 1.807) is 23.6 Å². The molecule has 2 atom stereocenters. The molecule has 30 heavy (non-hydrogen) atoms. The van der Waals surface area contributed by atoms with Crippen molar-refractivity contribution in [3.05, 3.63) is 46.4 Å². The first-order valence-corrected chi connectivity index (χ1v) is 11.9. The van der Waals surface area contributed by atoms with Gasteiger partial charge in [-0.15, -0.1) is 22.7 Å². The van der Waals surface area contributed by atoms with Crippen molar-refractivity contribution in [3.63, 3.8) is 0 Å². The van der Waals surface area contributed by atoms with Crippen LogP contribution in [0.1, 0.15) is 37.5 Å². The van der Waals surface area contributed by atoms with Gasteiger partial charge in [0.2, 0.25) is 0 Å². The van der Waals surface area contributed by atoms with Crippen LogP contribution in [0.3, 0.4) is 0 Å². The van der Waals surface area contributed by atoms with Crippen molar-refractivity contribution in [2.24, 2.45) is 0 Å². The fraction of sp³-hybridized carbons (Fsp3) is 0.364. The van der Waals surface area contributed by atoms with Gasteiger partial charge in [-0.2, -0.15) is 0 Å². The second-order valence-corrected chi connectivity index (χ2v) is 9.66. The first kappa shape index (κ1) is 19.8. The lowest BCUT2D eigenvalue weighted by atomic mass is 9.89. The number of fused-ring (bicyclic) bond motifs is 2. The molecule has 8 heteroatoms. The molecule has 1 saturated heterocycles. The van der Waals surface area contributed by atoms with E-state index < -0.39 is 11.6 Å². The first-order chi connectivity index (χ1) is 14.6. The Morgan fingerprint density at radius 1 is 1.27 bits per heavy atom. The number of thiophene rings is 1. The minimum Gasteiger partial charge on any atom is -0.350 e. The number of pyridine rings is 1. The molecule has 4 heterocycles. The van der Waals surface area contributed by atoms with Gasteiger partial charge in [0.1, 0.15) is 16.0 Å². The van der Waals surface area contributed by atoms with E-state index in [9.17, 15) is 8.78 Å². The van der Waals surface area contributed by atoms with Gasteiger partial charge in [0.25, 0.3) is 0 Å². The third kappa shape index (κ3) is 3.27. The highest BCUT2D eigenvalue weighted by molar-refractivity contribution is 7.18. The Kier molecular flexibility index (Phi) is 5.16. The number of hydrogen-bond donors (Lipinski definition) is 1. The maximum atomic E-state index is 14.9. The van der Waals surface area contributed by atoms with Crippen LogP contribution < -0.4 is 5.32 Å². The Bertz CT molecular complexity index is 1220. The van der Waals surface area contributed by atoms with E-state index >= 15 is 0 Å². The van der Waals surface area contributed by atoms with Gasteiger partial charge in [0.05, 0.1) is 15.9 Å². The molecule has 0 spiro atoms. The van der Waals surface area contributed by atoms with Crippen molar-refractivity contribution in [1.29, 1.82) is 0 Å². The normalized spacial score (nSPS) is 20.3. The molecule has 156 valence electrons. The predicted molar refractivity (Wildman–Crippen MR) is 121 cm³/mol. The Morgan fingerprint density at radius 2 is 2.13 bits per heavy atom. The number of nitrogens with one attached hydrogen (secondary N) is 1. The summed E-state index contributed by atoms with van der Waals surface area (Å²) < 4.78 is 30.0. The van der Waals surface area contributed by atoms with Crippen molar-refractivity contribution in [3.8, 4) is 0 Å². The monoisotopic (exact) mass is 444 g/mol. The van der Waals surface area contributed by atoms with Crippen LogP contribution in [0.4, 0.5) is 20.2 Å². The van der Waals surface area contributed by atoms with E-state index in [2.05, 4.69) is 40.1 Å². The molecule has 4 nitrogen and oxygen atoms in total. The molecular weight excluding hydrogens is 422 g/mol. The van der Waals surface area contributed by atoms with Crippen molar-refractivity contribution >= 4 is 54.5 Å². The van der Waals surface area contributed by atoms with Crippen LogP contribution in [0.5, 0.6) is 0 Å². The lowest BCUT2D eigenvalue weighted by molar-refractivity contribution is 0.148. The quantitative estimate of drug-likeness (QED) is 0.389. The standard InChI is InChI=1S/C22H22F2N4S2/c1-3-28-8-4-5-13(12(28)2)17-9-14-16(6-7-25-22(14)30-17)27-20-15(23)10-18-21(19(20)24)26-11-29-18/h6-7,9-13H,3-5,8H2,1-2H3,(H,25,27)/t12-,13?/m0/s1. The summed E-state index contributed by atoms with van der Waals surface area (Å²) in [5.41, 5.74) is 2.20. The third-order valence-corrected chi connectivity index (χ3v) is 8.07. The van der Waals surface area contributed by atoms with Crippen LogP contribution in [0.15, 0.2) is 29.9 Å². The number of aromatic nitrogens is 2. The third-order valence-electron chi connectivity index (χ3n) is 6.12. The largest absolute Gasteiger partial charge is 0.350 e. The zero-order valence-electron chi connectivity index (χ0n) is 16.8. The van der Waals surface area contributed by atoms with Crippen LogP contribution in [0, 0.1) is 11.6 Å². The first-order valence-electron chi connectivity index (χ1n) is 10.2. The molecular formula is C22H22F2N4S2. The van der Waals surface area contributed by atoms with Crippen LogP contribution in [-0.2, 0) is 0 Å². The minimum absolute atomic E-state index is 0.170. The molecule has 1 aliphatic rings. The number of hydrogen-bond acceptors (Lipinski definition) is 6. The SMILES string of the molecule is CCN1CCCC(c2cc3c(Nc4c(F)cc5scnc5c4F)ccnc3s2)[C@@H]1C. The Balaban J connectivity index is 1.54. The molecule has 1 N–H and O–H groups in total. The molecule has 0 radical (unpaired) electrons. The molecule has 0 saturated carbocycles. The van der Waals surface area contributed by atoms with Crippen molar-refractivity contribution in [1.82, 2.24) is 14.9 Å². The highest BCUT2D eigenvalue weighted by atomic mass is 32.1. The summed E-state index contributed by atoms with van der Waals surface area (Å²) in [6, 6.07) is 5.72. The molecule has 4 aromatic rings. The maximum absolute atomic E-state index is 14.9. The number of rotatable bonds is 4. The number of anilines is 2. The van der Waals surface area contributed by atoms with Gasteiger partial charge in [-0.05, 0) is 51.1 Å². The van der Waals surface area contributed by atoms with Crippen molar-refractivity contribution < 1.29 is 8.78 Å². The lowest BCUT2D eigenvalue weighted by Crippen LogP contribution is -2.41. The van der Waals surface area contributed by atoms with E-state index in [1.807, 2.05) is 0 Å². The minimum atomic E-state index is -0.661. The summed E-state index contributed by atoms with van der Waals surface area (Å²) in [4.78, 5) is 13.2. The number of likely N-dealkylation sites (N-methyl/N-ethyl adjacent to an activating group) is 1. The number of thiazole rings is 1. The number of piperidine rings is 1. The van der Waals surface area contributed by atoms with E-state index in [0.29, 0.717) is 22.3 Å². The van der Waals surface area contributed by atoms with Crippen LogP contribution in [-0.4, -0.2) is 34.0 Å². The van der Waals surface area contributed by atoms with Gasteiger partial charge in [0.15, 0.2) is 11.6 Å². The molecule has 0 aliphatic carbocycles. The summed E-state index contributed by atoms with van der Waals surface area (Å²) in [6.45, 7) is 6.68. The summed E-state index contributed by atoms with van der Waals surface area (Å²) >= 11 is 2.90. The number of nitrogens with zero attached hydrogens (tertiary/aromatic N) is 3. The van der Waals surface area contributed by atoms with Gasteiger partial charge >= 0.3 is 0 Å². The van der Waals surface area contributed by atoms with E-state index in [0.717, 1.165) is 29.7 Å². The number of likely N-dealkylation sites (tertiary alicyclic amines) is 1. The predicted octanol–water partition coefficient (Wildman–Crippen LogP) is 6.52. The number of halogens is 2. The molecule has 1 aromatic carbocycles. The van der Waals surface area contributed by atoms with Gasteiger partial charge < -0.3 is 10.2 Å². The van der Waals surface area contributed by atoms with E-state index in [-0.39, 0.29) is 11.2 Å². The van der Waals surface area contributed by atoms with Crippen molar-refractivity contribution in [2.45, 2.75) is 38.6 Å². The Morgan fingerprint density at radius 3 is 2.97 bits per heavy atom. The molecule has 0 amide bonds. The van der Waals surface area contributed by atoms with Gasteiger partial charge in [-0.25, -0.2) is 18.7 Å². The summed E-state index contributed by atoms with van der Waals surface area (Å²) in [5, 5.41) is 3.88. The molecule has 1 aliphatic heterocycles. The van der Waals surface area contributed by atoms with Crippen LogP contribution in [0.2, 0.25) is 0 Å². The summed E-state index contributed by atoms with van der Waals surface area (Å²) in [7, 11) is 0. The van der Waals surface area contributed by atoms with E-state index in [1.165, 1.54) is 34.2 Å². The second-order valence-electron chi connectivity index (χ2n) is 7.72. The lowest BCUT2D eigenvalue weighted by Gasteiger charge is -2.38. The zero-order chi connectivity index (χ0) is 20.8. The van der Waals surface area contributed by atoms with E-state index in [4.69, 9.17) is 0 Å². The Labute approximate surface area is 181 Å². The Hall–Kier alpha value is -2.16. The maximum Gasteiger partial charge on any atom is 0.176 e. The molecule has 0 bridgehead atoms. The average molecular weight is 445 g/mol. The fourth-order valence-corrected chi connectivity index (χ4v) is 6.43. The second kappa shape index (κ2) is 7.83. The highest BCUT2D eigenvalue weighted by Gasteiger charge is 2.29. The van der Waals surface area contributed by atoms with Gasteiger partial charge in [-0.3, -0.25) is 0 Å². The topological polar surface area (TPSA) is 41.0 Å². The van der Waals surface area contributed by atoms with Crippen LogP contribution >= 0.6 is 22.7 Å². The highest BCUT2D eigenvalue weighted by Crippen LogP contribution is 2.41. The zero-order valence-corrected chi connectivity index (χ0v) is 18.4. The average Bonchev–Trinajstić information content (AvgIpc) is 3.38. The number of benzene rings is 1. The molecule has 1 unspecified atom stereocenters. The summed E-state index contributed by atoms with van der Waals surface area (Å²) in [6.07, 6.45) is 4.02. The van der Waals surface area contributed by atoms with Gasteiger partial charge in [0, 0.05) is 28.4 Å². The fourth-order valence-electron chi connectivity index (χ4n) is 4.47.